The van der Waals surface area contributed by atoms with E-state index in [1.54, 1.807) is 0 Å². The minimum Gasteiger partial charge on any atom is -0.299 e. The number of Topliss-reactive ketones (excluding diaryl/α,β-unsaturated/α-hetero) is 1. The maximum absolute atomic E-state index is 13.6. The summed E-state index contributed by atoms with van der Waals surface area (Å²) in [4.78, 5) is 12.0. The fourth-order valence-corrected chi connectivity index (χ4v) is 8.39. The average Bonchev–Trinajstić information content (AvgIpc) is 3.16. The fraction of sp³-hybridized carbons (Fsp3) is 0.941. The quantitative estimate of drug-likeness (QED) is 0.518. The molecule has 0 N–H and O–H groups in total. The van der Waals surface area contributed by atoms with E-state index < -0.39 is 39.3 Å². The SMILES string of the molecule is CS(=O)(=O)C(CC1CC2CC1C1C3CC(=O)C(C3)C21)(C(F)(F)F)C(F)(F)F. The van der Waals surface area contributed by atoms with Gasteiger partial charge in [-0.05, 0) is 61.2 Å². The van der Waals surface area contributed by atoms with Crippen LogP contribution in [0.3, 0.4) is 0 Å². The van der Waals surface area contributed by atoms with Gasteiger partial charge >= 0.3 is 12.4 Å². The molecule has 4 aliphatic rings. The highest BCUT2D eigenvalue weighted by molar-refractivity contribution is 7.92. The number of hydrogen-bond donors (Lipinski definition) is 0. The Labute approximate surface area is 152 Å². The topological polar surface area (TPSA) is 51.2 Å². The summed E-state index contributed by atoms with van der Waals surface area (Å²) in [6.45, 7) is 0. The lowest BCUT2D eigenvalue weighted by atomic mass is 9.65. The Hall–Kier alpha value is -0.800. The van der Waals surface area contributed by atoms with E-state index in [9.17, 15) is 39.6 Å². The largest absolute Gasteiger partial charge is 0.417 e. The minimum absolute atomic E-state index is 0.0280. The third kappa shape index (κ3) is 2.40. The van der Waals surface area contributed by atoms with Gasteiger partial charge in [-0.25, -0.2) is 8.42 Å². The molecule has 10 heteroatoms. The van der Waals surface area contributed by atoms with Gasteiger partial charge in [0.15, 0.2) is 9.84 Å². The van der Waals surface area contributed by atoms with Gasteiger partial charge in [0, 0.05) is 18.6 Å². The minimum atomic E-state index is -5.94. The van der Waals surface area contributed by atoms with Crippen molar-refractivity contribution in [2.24, 2.45) is 41.4 Å². The number of alkyl halides is 6. The second-order valence-electron chi connectivity index (χ2n) is 8.88. The smallest absolute Gasteiger partial charge is 0.299 e. The number of carbonyl (C=O) groups excluding carboxylic acids is 1. The van der Waals surface area contributed by atoms with E-state index >= 15 is 0 Å². The van der Waals surface area contributed by atoms with Gasteiger partial charge in [0.2, 0.25) is 0 Å². The van der Waals surface area contributed by atoms with Crippen molar-refractivity contribution in [3.05, 3.63) is 0 Å². The molecule has 4 aliphatic carbocycles. The first kappa shape index (κ1) is 19.5. The van der Waals surface area contributed by atoms with Crippen molar-refractivity contribution in [3.63, 3.8) is 0 Å². The first-order valence-corrected chi connectivity index (χ1v) is 10.9. The number of halogens is 6. The highest BCUT2D eigenvalue weighted by Gasteiger charge is 2.78. The molecule has 4 fully saturated rings. The summed E-state index contributed by atoms with van der Waals surface area (Å²) in [5, 5.41) is 0. The first-order chi connectivity index (χ1) is 12.2. The van der Waals surface area contributed by atoms with Crippen LogP contribution in [-0.4, -0.2) is 37.6 Å². The molecule has 0 aromatic rings. The molecular weight excluding hydrogens is 398 g/mol. The van der Waals surface area contributed by atoms with Crippen molar-refractivity contribution in [1.82, 2.24) is 0 Å². The molecule has 0 spiro atoms. The first-order valence-electron chi connectivity index (χ1n) is 9.05. The number of rotatable bonds is 3. The van der Waals surface area contributed by atoms with Gasteiger partial charge in [0.05, 0.1) is 0 Å². The van der Waals surface area contributed by atoms with Crippen molar-refractivity contribution in [2.45, 2.75) is 49.2 Å². The normalized spacial score (nSPS) is 41.4. The lowest BCUT2D eigenvalue weighted by Gasteiger charge is -2.43. The number of fused-ring (bicyclic) bond motifs is 9. The third-order valence-electron chi connectivity index (χ3n) is 7.81. The van der Waals surface area contributed by atoms with Crippen molar-refractivity contribution in [2.75, 3.05) is 6.26 Å². The average molecular weight is 418 g/mol. The Morgan fingerprint density at radius 2 is 1.52 bits per heavy atom. The number of hydrogen-bond acceptors (Lipinski definition) is 3. The third-order valence-corrected chi connectivity index (χ3v) is 9.71. The zero-order chi connectivity index (χ0) is 20.2. The molecule has 0 heterocycles. The maximum Gasteiger partial charge on any atom is 0.417 e. The molecule has 0 aromatic carbocycles. The van der Waals surface area contributed by atoms with Crippen LogP contribution in [0.25, 0.3) is 0 Å². The summed E-state index contributed by atoms with van der Waals surface area (Å²) in [6.07, 6.45) is -11.6. The molecule has 3 nitrogen and oxygen atoms in total. The molecule has 0 radical (unpaired) electrons. The van der Waals surface area contributed by atoms with E-state index in [1.165, 1.54) is 0 Å². The van der Waals surface area contributed by atoms with Crippen molar-refractivity contribution >= 4 is 15.6 Å². The summed E-state index contributed by atoms with van der Waals surface area (Å²) in [7, 11) is -5.49. The molecule has 154 valence electrons. The highest BCUT2D eigenvalue weighted by atomic mass is 32.2. The highest BCUT2D eigenvalue weighted by Crippen LogP contribution is 2.69. The van der Waals surface area contributed by atoms with Crippen molar-refractivity contribution < 1.29 is 39.6 Å². The van der Waals surface area contributed by atoms with Crippen LogP contribution >= 0.6 is 0 Å². The van der Waals surface area contributed by atoms with Gasteiger partial charge in [0.1, 0.15) is 5.78 Å². The summed E-state index contributed by atoms with van der Waals surface area (Å²) >= 11 is 0. The van der Waals surface area contributed by atoms with Gasteiger partial charge in [-0.15, -0.1) is 0 Å². The van der Waals surface area contributed by atoms with Gasteiger partial charge in [-0.1, -0.05) is 0 Å². The Balaban J connectivity index is 1.68. The summed E-state index contributed by atoms with van der Waals surface area (Å²) in [5.74, 6) is -1.21. The Bertz CT molecular complexity index is 757. The lowest BCUT2D eigenvalue weighted by Crippen LogP contribution is -2.63. The standard InChI is InChI=1S/C17H20F6O3S/c1-27(25,26)15(16(18,19)20,17(21,22)23)6-9-2-7-3-10(9)13-8-4-11(14(7)13)12(24)5-8/h7-11,13-14H,2-6H2,1H3. The summed E-state index contributed by atoms with van der Waals surface area (Å²) in [6, 6.07) is 0. The van der Waals surface area contributed by atoms with E-state index in [4.69, 9.17) is 0 Å². The Morgan fingerprint density at radius 3 is 2.04 bits per heavy atom. The second kappa shape index (κ2) is 5.42. The van der Waals surface area contributed by atoms with Crippen LogP contribution in [0.4, 0.5) is 26.3 Å². The van der Waals surface area contributed by atoms with Gasteiger partial charge in [0.25, 0.3) is 4.75 Å². The van der Waals surface area contributed by atoms with Crippen LogP contribution in [0.15, 0.2) is 0 Å². The van der Waals surface area contributed by atoms with E-state index in [0.29, 0.717) is 19.3 Å². The molecule has 0 aliphatic heterocycles. The van der Waals surface area contributed by atoms with Gasteiger partial charge in [-0.2, -0.15) is 26.3 Å². The van der Waals surface area contributed by atoms with Crippen molar-refractivity contribution in [1.29, 1.82) is 0 Å². The van der Waals surface area contributed by atoms with Crippen LogP contribution in [0, 0.1) is 41.4 Å². The van der Waals surface area contributed by atoms with Crippen molar-refractivity contribution in [3.8, 4) is 0 Å². The number of carbonyl (C=O) groups is 1. The number of ketones is 1. The lowest BCUT2D eigenvalue weighted by molar-refractivity contribution is -0.272. The molecule has 4 rings (SSSR count). The van der Waals surface area contributed by atoms with Crippen LogP contribution in [-0.2, 0) is 14.6 Å². The van der Waals surface area contributed by atoms with E-state index in [1.807, 2.05) is 0 Å². The van der Waals surface area contributed by atoms with Gasteiger partial charge < -0.3 is 0 Å². The molecule has 7 unspecified atom stereocenters. The maximum atomic E-state index is 13.6. The molecule has 0 amide bonds. The molecule has 7 atom stereocenters. The molecule has 4 bridgehead atoms. The van der Waals surface area contributed by atoms with E-state index in [0.717, 1.165) is 0 Å². The Morgan fingerprint density at radius 1 is 0.926 bits per heavy atom. The molecular formula is C17H20F6O3S. The van der Waals surface area contributed by atoms with Crippen LogP contribution in [0.1, 0.15) is 32.1 Å². The molecule has 0 saturated heterocycles. The van der Waals surface area contributed by atoms with Gasteiger partial charge in [-0.3, -0.25) is 4.79 Å². The monoisotopic (exact) mass is 418 g/mol. The van der Waals surface area contributed by atoms with E-state index in [2.05, 4.69) is 0 Å². The van der Waals surface area contributed by atoms with Crippen LogP contribution in [0.5, 0.6) is 0 Å². The fourth-order valence-electron chi connectivity index (χ4n) is 7.03. The molecule has 27 heavy (non-hydrogen) atoms. The molecule has 0 aromatic heterocycles. The van der Waals surface area contributed by atoms with Crippen LogP contribution in [0.2, 0.25) is 0 Å². The van der Waals surface area contributed by atoms with Crippen LogP contribution < -0.4 is 0 Å². The number of sulfone groups is 1. The second-order valence-corrected chi connectivity index (χ2v) is 11.1. The summed E-state index contributed by atoms with van der Waals surface area (Å²) in [5.41, 5.74) is 0. The summed E-state index contributed by atoms with van der Waals surface area (Å²) < 4.78 is 101. The molecule has 4 saturated carbocycles. The predicted molar refractivity (Wildman–Crippen MR) is 82.2 cm³/mol. The Kier molecular flexibility index (Phi) is 3.91. The van der Waals surface area contributed by atoms with E-state index in [-0.39, 0.29) is 54.0 Å². The zero-order valence-corrected chi connectivity index (χ0v) is 15.3. The predicted octanol–water partition coefficient (Wildman–Crippen LogP) is 3.78. The zero-order valence-electron chi connectivity index (χ0n) is 14.5.